The van der Waals surface area contributed by atoms with Gasteiger partial charge in [-0.2, -0.15) is 4.98 Å². The third-order valence-corrected chi connectivity index (χ3v) is 3.93. The van der Waals surface area contributed by atoms with Gasteiger partial charge in [-0.05, 0) is 33.2 Å². The Bertz CT molecular complexity index is 415. The van der Waals surface area contributed by atoms with Gasteiger partial charge in [-0.1, -0.05) is 5.16 Å². The highest BCUT2D eigenvalue weighted by atomic mass is 16.5. The molecule has 2 fully saturated rings. The fraction of sp³-hybridized carbons (Fsp3) is 0.846. The Morgan fingerprint density at radius 1 is 1.42 bits per heavy atom. The molecule has 2 saturated heterocycles. The van der Waals surface area contributed by atoms with Gasteiger partial charge in [0.2, 0.25) is 11.7 Å². The van der Waals surface area contributed by atoms with E-state index in [2.05, 4.69) is 34.2 Å². The van der Waals surface area contributed by atoms with Crippen LogP contribution in [0.5, 0.6) is 0 Å². The predicted octanol–water partition coefficient (Wildman–Crippen LogP) is 1.28. The van der Waals surface area contributed by atoms with Gasteiger partial charge in [-0.3, -0.25) is 4.90 Å². The summed E-state index contributed by atoms with van der Waals surface area (Å²) in [6.07, 6.45) is 2.18. The zero-order valence-corrected chi connectivity index (χ0v) is 11.6. The minimum Gasteiger partial charge on any atom is -0.367 e. The van der Waals surface area contributed by atoms with Gasteiger partial charge in [0.25, 0.3) is 0 Å². The number of hydrogen-bond donors (Lipinski definition) is 1. The second-order valence-corrected chi connectivity index (χ2v) is 5.59. The largest absolute Gasteiger partial charge is 0.367 e. The van der Waals surface area contributed by atoms with Crippen molar-refractivity contribution < 1.29 is 9.26 Å². The Hall–Kier alpha value is -0.980. The summed E-state index contributed by atoms with van der Waals surface area (Å²) in [7, 11) is 0. The molecule has 19 heavy (non-hydrogen) atoms. The van der Waals surface area contributed by atoms with Crippen molar-refractivity contribution in [1.82, 2.24) is 20.4 Å². The van der Waals surface area contributed by atoms with Crippen molar-refractivity contribution in [1.29, 1.82) is 0 Å². The predicted molar refractivity (Wildman–Crippen MR) is 69.7 cm³/mol. The van der Waals surface area contributed by atoms with E-state index in [1.807, 2.05) is 0 Å². The molecule has 0 radical (unpaired) electrons. The molecule has 2 aliphatic rings. The standard InChI is InChI=1S/C13H22N4O2/c1-9(2)17-6-7-18-11(8-17)12-15-13(19-16-12)10-4-3-5-14-10/h9-11,14H,3-8H2,1-2H3. The summed E-state index contributed by atoms with van der Waals surface area (Å²) >= 11 is 0. The van der Waals surface area contributed by atoms with E-state index in [9.17, 15) is 0 Å². The third-order valence-electron chi connectivity index (χ3n) is 3.93. The molecule has 6 nitrogen and oxygen atoms in total. The molecule has 2 atom stereocenters. The number of ether oxygens (including phenoxy) is 1. The first-order chi connectivity index (χ1) is 9.24. The maximum atomic E-state index is 5.77. The summed E-state index contributed by atoms with van der Waals surface area (Å²) in [6.45, 7) is 7.98. The van der Waals surface area contributed by atoms with Crippen molar-refractivity contribution in [2.45, 2.75) is 44.9 Å². The topological polar surface area (TPSA) is 63.4 Å². The molecule has 106 valence electrons. The molecule has 2 aliphatic heterocycles. The highest BCUT2D eigenvalue weighted by Gasteiger charge is 2.29. The van der Waals surface area contributed by atoms with Crippen molar-refractivity contribution >= 4 is 0 Å². The van der Waals surface area contributed by atoms with Gasteiger partial charge in [0.15, 0.2) is 0 Å². The molecule has 0 bridgehead atoms. The Labute approximate surface area is 113 Å². The normalized spacial score (nSPS) is 29.2. The van der Waals surface area contributed by atoms with Crippen LogP contribution in [0.3, 0.4) is 0 Å². The van der Waals surface area contributed by atoms with Crippen LogP contribution in [0.15, 0.2) is 4.52 Å². The van der Waals surface area contributed by atoms with Gasteiger partial charge in [0, 0.05) is 19.1 Å². The molecule has 1 aromatic rings. The van der Waals surface area contributed by atoms with Crippen LogP contribution >= 0.6 is 0 Å². The second-order valence-electron chi connectivity index (χ2n) is 5.59. The van der Waals surface area contributed by atoms with Crippen molar-refractivity contribution in [3.63, 3.8) is 0 Å². The average Bonchev–Trinajstić information content (AvgIpc) is 3.09. The molecular formula is C13H22N4O2. The molecule has 3 heterocycles. The summed E-state index contributed by atoms with van der Waals surface area (Å²) in [5.74, 6) is 1.40. The molecule has 0 aromatic carbocycles. The maximum absolute atomic E-state index is 5.77. The van der Waals surface area contributed by atoms with E-state index in [-0.39, 0.29) is 12.1 Å². The van der Waals surface area contributed by atoms with Crippen LogP contribution < -0.4 is 5.32 Å². The monoisotopic (exact) mass is 266 g/mol. The highest BCUT2D eigenvalue weighted by molar-refractivity contribution is 4.99. The first kappa shape index (κ1) is 13.0. The summed E-state index contributed by atoms with van der Waals surface area (Å²) in [6, 6.07) is 0.750. The maximum Gasteiger partial charge on any atom is 0.243 e. The minimum atomic E-state index is -0.0601. The van der Waals surface area contributed by atoms with Crippen LogP contribution in [0.1, 0.15) is 50.6 Å². The van der Waals surface area contributed by atoms with Crippen LogP contribution in [-0.4, -0.2) is 47.3 Å². The van der Waals surface area contributed by atoms with Gasteiger partial charge in [-0.15, -0.1) is 0 Å². The molecule has 3 rings (SSSR count). The fourth-order valence-electron chi connectivity index (χ4n) is 2.71. The lowest BCUT2D eigenvalue weighted by molar-refractivity contribution is -0.0450. The first-order valence-corrected chi connectivity index (χ1v) is 7.16. The summed E-state index contributed by atoms with van der Waals surface area (Å²) in [5, 5.41) is 7.47. The molecule has 6 heteroatoms. The van der Waals surface area contributed by atoms with E-state index >= 15 is 0 Å². The number of nitrogens with one attached hydrogen (secondary N) is 1. The average molecular weight is 266 g/mol. The van der Waals surface area contributed by atoms with Crippen LogP contribution in [0.2, 0.25) is 0 Å². The van der Waals surface area contributed by atoms with Crippen molar-refractivity contribution in [2.24, 2.45) is 0 Å². The minimum absolute atomic E-state index is 0.0601. The third kappa shape index (κ3) is 2.80. The van der Waals surface area contributed by atoms with E-state index in [1.54, 1.807) is 0 Å². The highest BCUT2D eigenvalue weighted by Crippen LogP contribution is 2.25. The molecule has 1 aromatic heterocycles. The van der Waals surface area contributed by atoms with Crippen LogP contribution in [-0.2, 0) is 4.74 Å². The van der Waals surface area contributed by atoms with Gasteiger partial charge in [-0.25, -0.2) is 0 Å². The zero-order valence-electron chi connectivity index (χ0n) is 11.6. The van der Waals surface area contributed by atoms with Gasteiger partial charge in [0.1, 0.15) is 6.10 Å². The SMILES string of the molecule is CC(C)N1CCOC(c2noc(C3CCCN3)n2)C1. The number of aromatic nitrogens is 2. The Kier molecular flexibility index (Phi) is 3.81. The smallest absolute Gasteiger partial charge is 0.243 e. The molecule has 0 spiro atoms. The molecule has 2 unspecified atom stereocenters. The quantitative estimate of drug-likeness (QED) is 0.889. The number of morpholine rings is 1. The van der Waals surface area contributed by atoms with Crippen LogP contribution in [0.25, 0.3) is 0 Å². The zero-order chi connectivity index (χ0) is 13.2. The lowest BCUT2D eigenvalue weighted by Gasteiger charge is -2.34. The lowest BCUT2D eigenvalue weighted by Crippen LogP contribution is -2.42. The molecule has 0 saturated carbocycles. The van der Waals surface area contributed by atoms with Gasteiger partial charge >= 0.3 is 0 Å². The van der Waals surface area contributed by atoms with E-state index in [4.69, 9.17) is 9.26 Å². The summed E-state index contributed by atoms with van der Waals surface area (Å²) in [4.78, 5) is 6.90. The van der Waals surface area contributed by atoms with E-state index in [0.717, 1.165) is 32.7 Å². The Balaban J connectivity index is 1.68. The number of nitrogens with zero attached hydrogens (tertiary/aromatic N) is 3. The molecule has 0 amide bonds. The van der Waals surface area contributed by atoms with E-state index in [0.29, 0.717) is 17.8 Å². The number of hydrogen-bond acceptors (Lipinski definition) is 6. The van der Waals surface area contributed by atoms with Gasteiger partial charge in [0.05, 0.1) is 12.6 Å². The van der Waals surface area contributed by atoms with Crippen molar-refractivity contribution in [3.05, 3.63) is 11.7 Å². The second kappa shape index (κ2) is 5.56. The Morgan fingerprint density at radius 2 is 2.32 bits per heavy atom. The summed E-state index contributed by atoms with van der Waals surface area (Å²) in [5.41, 5.74) is 0. The van der Waals surface area contributed by atoms with E-state index < -0.39 is 0 Å². The van der Waals surface area contributed by atoms with Crippen LogP contribution in [0.4, 0.5) is 0 Å². The molecule has 0 aliphatic carbocycles. The summed E-state index contributed by atoms with van der Waals surface area (Å²) < 4.78 is 11.1. The van der Waals surface area contributed by atoms with Gasteiger partial charge < -0.3 is 14.6 Å². The fourth-order valence-corrected chi connectivity index (χ4v) is 2.71. The molecule has 1 N–H and O–H groups in total. The van der Waals surface area contributed by atoms with Crippen molar-refractivity contribution in [2.75, 3.05) is 26.2 Å². The van der Waals surface area contributed by atoms with Crippen LogP contribution in [0, 0.1) is 0 Å². The lowest BCUT2D eigenvalue weighted by atomic mass is 10.2. The first-order valence-electron chi connectivity index (χ1n) is 7.16. The van der Waals surface area contributed by atoms with Crippen molar-refractivity contribution in [3.8, 4) is 0 Å². The molecular weight excluding hydrogens is 244 g/mol. The van der Waals surface area contributed by atoms with E-state index in [1.165, 1.54) is 6.42 Å². The number of rotatable bonds is 3. The Morgan fingerprint density at radius 3 is 3.05 bits per heavy atom.